The molecule has 13 aromatic rings. The molecule has 0 aliphatic carbocycles. The smallest absolute Gasteiger partial charge is 0.164 e. The molecule has 63 heavy (non-hydrogen) atoms. The quantitative estimate of drug-likeness (QED) is 0.167. The first-order chi connectivity index (χ1) is 31.2. The minimum Gasteiger partial charge on any atom is -0.456 e. The Balaban J connectivity index is 0.969. The number of hydrogen-bond acceptors (Lipinski definition) is 5. The molecule has 0 atom stereocenters. The molecule has 0 aliphatic rings. The maximum Gasteiger partial charge on any atom is 0.164 e. The average molecular weight is 807 g/mol. The van der Waals surface area contributed by atoms with Crippen molar-refractivity contribution in [1.29, 1.82) is 0 Å². The molecule has 294 valence electrons. The van der Waals surface area contributed by atoms with E-state index < -0.39 is 0 Å². The van der Waals surface area contributed by atoms with Gasteiger partial charge in [-0.3, -0.25) is 0 Å². The fourth-order valence-electron chi connectivity index (χ4n) is 9.17. The summed E-state index contributed by atoms with van der Waals surface area (Å²) in [7, 11) is 0. The Morgan fingerprint density at radius 1 is 0.270 bits per heavy atom. The van der Waals surface area contributed by atoms with Gasteiger partial charge in [-0.25, -0.2) is 15.0 Å². The minimum absolute atomic E-state index is 0.621. The van der Waals surface area contributed by atoms with Crippen LogP contribution in [0.1, 0.15) is 0 Å². The highest BCUT2D eigenvalue weighted by molar-refractivity contribution is 6.13. The summed E-state index contributed by atoms with van der Waals surface area (Å²) in [5.74, 6) is 1.89. The Bertz CT molecular complexity index is 3670. The number of aromatic nitrogens is 4. The Morgan fingerprint density at radius 2 is 0.619 bits per heavy atom. The molecule has 9 aromatic carbocycles. The Labute approximate surface area is 361 Å². The molecule has 6 heteroatoms. The lowest BCUT2D eigenvalue weighted by atomic mass is 9.98. The molecule has 0 unspecified atom stereocenters. The van der Waals surface area contributed by atoms with Gasteiger partial charge in [0.05, 0.1) is 11.0 Å². The van der Waals surface area contributed by atoms with Gasteiger partial charge in [-0.15, -0.1) is 0 Å². The maximum atomic E-state index is 6.19. The molecule has 0 fully saturated rings. The van der Waals surface area contributed by atoms with Crippen LogP contribution in [0, 0.1) is 0 Å². The van der Waals surface area contributed by atoms with Gasteiger partial charge in [-0.05, 0) is 107 Å². The van der Waals surface area contributed by atoms with Gasteiger partial charge < -0.3 is 13.4 Å². The first-order valence-corrected chi connectivity index (χ1v) is 21.1. The predicted octanol–water partition coefficient (Wildman–Crippen LogP) is 15.1. The zero-order valence-electron chi connectivity index (χ0n) is 33.7. The van der Waals surface area contributed by atoms with Gasteiger partial charge in [0.1, 0.15) is 22.3 Å². The van der Waals surface area contributed by atoms with Crippen LogP contribution in [0.25, 0.3) is 128 Å². The first kappa shape index (κ1) is 35.2. The van der Waals surface area contributed by atoms with Crippen molar-refractivity contribution >= 4 is 65.7 Å². The third-order valence-corrected chi connectivity index (χ3v) is 12.3. The number of rotatable bonds is 6. The van der Waals surface area contributed by atoms with E-state index >= 15 is 0 Å². The summed E-state index contributed by atoms with van der Waals surface area (Å²) in [4.78, 5) is 14.9. The van der Waals surface area contributed by atoms with Crippen molar-refractivity contribution in [2.24, 2.45) is 0 Å². The molecule has 13 rings (SSSR count). The molecule has 0 saturated carbocycles. The monoisotopic (exact) mass is 806 g/mol. The normalized spacial score (nSPS) is 11.8. The van der Waals surface area contributed by atoms with Gasteiger partial charge in [0, 0.05) is 54.7 Å². The van der Waals surface area contributed by atoms with Crippen LogP contribution >= 0.6 is 0 Å². The molecule has 0 N–H and O–H groups in total. The second kappa shape index (κ2) is 14.0. The van der Waals surface area contributed by atoms with Crippen LogP contribution in [-0.4, -0.2) is 19.5 Å². The van der Waals surface area contributed by atoms with E-state index in [-0.39, 0.29) is 0 Å². The lowest BCUT2D eigenvalue weighted by Crippen LogP contribution is -2.00. The van der Waals surface area contributed by atoms with Crippen LogP contribution in [0.3, 0.4) is 0 Å². The standard InChI is InChI=1S/C57H34N4O2/c1-3-11-35(12-4-1)55-58-56(36-13-5-2-6-14-36)60-57(59-55)37-19-25-42(26-20-37)61-49-27-21-38(40-23-29-53-47(33-40)43-15-7-9-17-51(43)62-53)31-45(49)46-32-39(22-28-50(46)61)41-24-30-54-48(34-41)44-16-8-10-18-52(44)63-54/h1-34H. The highest BCUT2D eigenvalue weighted by Crippen LogP contribution is 2.40. The number of benzene rings is 9. The summed E-state index contributed by atoms with van der Waals surface area (Å²) in [6, 6.07) is 71.9. The van der Waals surface area contributed by atoms with E-state index in [1.54, 1.807) is 0 Å². The number of para-hydroxylation sites is 2. The van der Waals surface area contributed by atoms with Crippen molar-refractivity contribution in [2.75, 3.05) is 0 Å². The fraction of sp³-hybridized carbons (Fsp3) is 0. The molecule has 6 nitrogen and oxygen atoms in total. The summed E-state index contributed by atoms with van der Waals surface area (Å²) in [5, 5.41) is 6.79. The van der Waals surface area contributed by atoms with Crippen LogP contribution in [0.4, 0.5) is 0 Å². The lowest BCUT2D eigenvalue weighted by molar-refractivity contribution is 0.668. The van der Waals surface area contributed by atoms with Crippen LogP contribution in [-0.2, 0) is 0 Å². The van der Waals surface area contributed by atoms with Crippen LogP contribution in [0.5, 0.6) is 0 Å². The van der Waals surface area contributed by atoms with E-state index in [4.69, 9.17) is 23.8 Å². The van der Waals surface area contributed by atoms with E-state index in [0.717, 1.165) is 110 Å². The van der Waals surface area contributed by atoms with Crippen molar-refractivity contribution in [1.82, 2.24) is 19.5 Å². The van der Waals surface area contributed by atoms with E-state index in [9.17, 15) is 0 Å². The van der Waals surface area contributed by atoms with Crippen molar-refractivity contribution < 1.29 is 8.83 Å². The summed E-state index contributed by atoms with van der Waals surface area (Å²) >= 11 is 0. The molecule has 4 aromatic heterocycles. The third kappa shape index (κ3) is 5.84. The van der Waals surface area contributed by atoms with Crippen molar-refractivity contribution in [3.63, 3.8) is 0 Å². The molecule has 0 spiro atoms. The Hall–Kier alpha value is -8.61. The summed E-state index contributed by atoms with van der Waals surface area (Å²) in [6.45, 7) is 0. The molecule has 0 radical (unpaired) electrons. The SMILES string of the molecule is c1ccc(-c2nc(-c3ccccc3)nc(-c3ccc(-n4c5ccc(-c6ccc7oc8ccccc8c7c6)cc5c5cc(-c6ccc7oc8ccccc8c7c6)ccc54)cc3)n2)cc1. The number of fused-ring (bicyclic) bond motifs is 9. The molecular formula is C57H34N4O2. The maximum absolute atomic E-state index is 6.19. The highest BCUT2D eigenvalue weighted by atomic mass is 16.3. The van der Waals surface area contributed by atoms with Crippen LogP contribution in [0.2, 0.25) is 0 Å². The Kier molecular flexibility index (Phi) is 7.80. The summed E-state index contributed by atoms with van der Waals surface area (Å²) in [6.07, 6.45) is 0. The average Bonchev–Trinajstić information content (AvgIpc) is 4.03. The highest BCUT2D eigenvalue weighted by Gasteiger charge is 2.18. The van der Waals surface area contributed by atoms with E-state index in [1.807, 2.05) is 84.9 Å². The summed E-state index contributed by atoms with van der Waals surface area (Å²) in [5.41, 5.74) is 14.2. The number of hydrogen-bond donors (Lipinski definition) is 0. The molecule has 0 bridgehead atoms. The van der Waals surface area contributed by atoms with Gasteiger partial charge in [0.25, 0.3) is 0 Å². The molecule has 0 aliphatic heterocycles. The van der Waals surface area contributed by atoms with Crippen LogP contribution in [0.15, 0.2) is 215 Å². The minimum atomic E-state index is 0.621. The second-order valence-corrected chi connectivity index (χ2v) is 16.0. The summed E-state index contributed by atoms with van der Waals surface area (Å²) < 4.78 is 14.7. The molecule has 0 amide bonds. The Morgan fingerprint density at radius 3 is 1.08 bits per heavy atom. The van der Waals surface area contributed by atoms with Crippen LogP contribution < -0.4 is 0 Å². The molecular weight excluding hydrogens is 773 g/mol. The number of nitrogens with zero attached hydrogens (tertiary/aromatic N) is 4. The van der Waals surface area contributed by atoms with E-state index in [0.29, 0.717) is 17.5 Å². The third-order valence-electron chi connectivity index (χ3n) is 12.3. The zero-order valence-corrected chi connectivity index (χ0v) is 33.7. The molecule has 4 heterocycles. The topological polar surface area (TPSA) is 69.9 Å². The lowest BCUT2D eigenvalue weighted by Gasteiger charge is -2.11. The van der Waals surface area contributed by atoms with Crippen molar-refractivity contribution in [3.05, 3.63) is 206 Å². The largest absolute Gasteiger partial charge is 0.456 e. The van der Waals surface area contributed by atoms with Gasteiger partial charge in [0.2, 0.25) is 0 Å². The second-order valence-electron chi connectivity index (χ2n) is 16.0. The van der Waals surface area contributed by atoms with E-state index in [2.05, 4.69) is 126 Å². The van der Waals surface area contributed by atoms with Gasteiger partial charge in [0.15, 0.2) is 17.5 Å². The van der Waals surface area contributed by atoms with Gasteiger partial charge >= 0.3 is 0 Å². The van der Waals surface area contributed by atoms with Crippen molar-refractivity contribution in [3.8, 4) is 62.1 Å². The number of furan rings is 2. The molecule has 0 saturated heterocycles. The predicted molar refractivity (Wildman–Crippen MR) is 256 cm³/mol. The van der Waals surface area contributed by atoms with Gasteiger partial charge in [-0.2, -0.15) is 0 Å². The van der Waals surface area contributed by atoms with E-state index in [1.165, 1.54) is 0 Å². The van der Waals surface area contributed by atoms with Gasteiger partial charge in [-0.1, -0.05) is 121 Å². The zero-order chi connectivity index (χ0) is 41.4. The first-order valence-electron chi connectivity index (χ1n) is 21.1. The van der Waals surface area contributed by atoms with Crippen molar-refractivity contribution in [2.45, 2.75) is 0 Å². The fourth-order valence-corrected chi connectivity index (χ4v) is 9.17.